The summed E-state index contributed by atoms with van der Waals surface area (Å²) in [6.45, 7) is 3.42. The highest BCUT2D eigenvalue weighted by Crippen LogP contribution is 2.03. The number of hydrogen-bond donors (Lipinski definition) is 3. The van der Waals surface area contributed by atoms with E-state index in [4.69, 9.17) is 0 Å². The lowest BCUT2D eigenvalue weighted by Gasteiger charge is -2.06. The lowest BCUT2D eigenvalue weighted by atomic mass is 10.1. The van der Waals surface area contributed by atoms with E-state index in [0.29, 0.717) is 25.2 Å². The molecule has 5 nitrogen and oxygen atoms in total. The van der Waals surface area contributed by atoms with E-state index in [1.54, 1.807) is 19.2 Å². The van der Waals surface area contributed by atoms with Crippen LogP contribution in [0.15, 0.2) is 24.3 Å². The van der Waals surface area contributed by atoms with E-state index in [2.05, 4.69) is 16.0 Å². The van der Waals surface area contributed by atoms with E-state index in [-0.39, 0.29) is 11.8 Å². The number of carbonyl (C=O) groups excluding carboxylic acids is 2. The molecule has 2 amide bonds. The van der Waals surface area contributed by atoms with Gasteiger partial charge in [-0.15, -0.1) is 0 Å². The molecule has 0 aliphatic heterocycles. The molecule has 0 saturated heterocycles. The fraction of sp³-hybridized carbons (Fsp3) is 0.385. The van der Waals surface area contributed by atoms with Crippen molar-refractivity contribution < 1.29 is 9.59 Å². The molecular formula is C13H19N3O2. The highest BCUT2D eigenvalue weighted by atomic mass is 16.2. The van der Waals surface area contributed by atoms with Gasteiger partial charge in [-0.1, -0.05) is 12.1 Å². The zero-order valence-corrected chi connectivity index (χ0v) is 10.7. The molecule has 0 heterocycles. The SMILES string of the molecule is CCNC(=O)CNCc1ccc(C(=O)NC)cc1. The van der Waals surface area contributed by atoms with Crippen LogP contribution in [0.2, 0.25) is 0 Å². The van der Waals surface area contributed by atoms with E-state index < -0.39 is 0 Å². The first kappa shape index (κ1) is 14.2. The first-order chi connectivity index (χ1) is 8.67. The molecule has 0 aliphatic rings. The monoisotopic (exact) mass is 249 g/mol. The number of hydrogen-bond acceptors (Lipinski definition) is 3. The summed E-state index contributed by atoms with van der Waals surface area (Å²) >= 11 is 0. The molecule has 98 valence electrons. The predicted octanol–water partition coefficient (Wildman–Crippen LogP) is 0.272. The standard InChI is InChI=1S/C13H19N3O2/c1-3-16-12(17)9-15-8-10-4-6-11(7-5-10)13(18)14-2/h4-7,15H,3,8-9H2,1-2H3,(H,14,18)(H,16,17). The Morgan fingerprint density at radius 3 is 2.39 bits per heavy atom. The largest absolute Gasteiger partial charge is 0.355 e. The van der Waals surface area contributed by atoms with Crippen molar-refractivity contribution in [3.8, 4) is 0 Å². The fourth-order valence-corrected chi connectivity index (χ4v) is 1.50. The molecule has 18 heavy (non-hydrogen) atoms. The van der Waals surface area contributed by atoms with Crippen LogP contribution in [0.25, 0.3) is 0 Å². The highest BCUT2D eigenvalue weighted by molar-refractivity contribution is 5.93. The minimum Gasteiger partial charge on any atom is -0.355 e. The summed E-state index contributed by atoms with van der Waals surface area (Å²) in [5, 5.41) is 8.31. The van der Waals surface area contributed by atoms with Crippen LogP contribution < -0.4 is 16.0 Å². The second-order valence-electron chi connectivity index (χ2n) is 3.83. The molecule has 1 rings (SSSR count). The van der Waals surface area contributed by atoms with Gasteiger partial charge < -0.3 is 16.0 Å². The lowest BCUT2D eigenvalue weighted by molar-refractivity contribution is -0.120. The van der Waals surface area contributed by atoms with Crippen molar-refractivity contribution in [3.63, 3.8) is 0 Å². The first-order valence-corrected chi connectivity index (χ1v) is 5.95. The zero-order chi connectivity index (χ0) is 13.4. The first-order valence-electron chi connectivity index (χ1n) is 5.95. The average Bonchev–Trinajstić information content (AvgIpc) is 2.39. The maximum atomic E-state index is 11.3. The van der Waals surface area contributed by atoms with Crippen molar-refractivity contribution in [2.24, 2.45) is 0 Å². The summed E-state index contributed by atoms with van der Waals surface area (Å²) < 4.78 is 0. The summed E-state index contributed by atoms with van der Waals surface area (Å²) in [7, 11) is 1.60. The van der Waals surface area contributed by atoms with Crippen molar-refractivity contribution in [1.82, 2.24) is 16.0 Å². The number of rotatable bonds is 6. The van der Waals surface area contributed by atoms with Crippen LogP contribution in [0.1, 0.15) is 22.8 Å². The van der Waals surface area contributed by atoms with Gasteiger partial charge in [0, 0.05) is 25.7 Å². The van der Waals surface area contributed by atoms with Gasteiger partial charge in [-0.05, 0) is 24.6 Å². The Balaban J connectivity index is 2.40. The summed E-state index contributed by atoms with van der Waals surface area (Å²) in [5.41, 5.74) is 1.66. The topological polar surface area (TPSA) is 70.2 Å². The van der Waals surface area contributed by atoms with Crippen LogP contribution in [0.4, 0.5) is 0 Å². The third-order valence-electron chi connectivity index (χ3n) is 2.43. The van der Waals surface area contributed by atoms with Gasteiger partial charge in [0.25, 0.3) is 5.91 Å². The van der Waals surface area contributed by atoms with Gasteiger partial charge >= 0.3 is 0 Å². The van der Waals surface area contributed by atoms with Gasteiger partial charge in [-0.25, -0.2) is 0 Å². The van der Waals surface area contributed by atoms with E-state index in [1.807, 2.05) is 19.1 Å². The summed E-state index contributed by atoms with van der Waals surface area (Å²) in [6.07, 6.45) is 0. The van der Waals surface area contributed by atoms with E-state index in [0.717, 1.165) is 5.56 Å². The molecule has 5 heteroatoms. The molecule has 0 aliphatic carbocycles. The van der Waals surface area contributed by atoms with Crippen LogP contribution in [0, 0.1) is 0 Å². The molecule has 0 radical (unpaired) electrons. The third kappa shape index (κ3) is 4.55. The molecule has 0 bridgehead atoms. The number of nitrogens with one attached hydrogen (secondary N) is 3. The van der Waals surface area contributed by atoms with Crippen LogP contribution in [-0.2, 0) is 11.3 Å². The van der Waals surface area contributed by atoms with Crippen molar-refractivity contribution in [2.45, 2.75) is 13.5 Å². The van der Waals surface area contributed by atoms with E-state index in [9.17, 15) is 9.59 Å². The minimum absolute atomic E-state index is 0.0144. The molecule has 0 unspecified atom stereocenters. The molecular weight excluding hydrogens is 230 g/mol. The van der Waals surface area contributed by atoms with Gasteiger partial charge in [0.2, 0.25) is 5.91 Å². The van der Waals surface area contributed by atoms with Gasteiger partial charge in [-0.3, -0.25) is 9.59 Å². The van der Waals surface area contributed by atoms with Crippen molar-refractivity contribution in [1.29, 1.82) is 0 Å². The molecule has 0 atom stereocenters. The van der Waals surface area contributed by atoms with Crippen LogP contribution >= 0.6 is 0 Å². The maximum Gasteiger partial charge on any atom is 0.251 e. The van der Waals surface area contributed by atoms with Crippen molar-refractivity contribution in [3.05, 3.63) is 35.4 Å². The van der Waals surface area contributed by atoms with E-state index >= 15 is 0 Å². The summed E-state index contributed by atoms with van der Waals surface area (Å²) in [6, 6.07) is 7.27. The lowest BCUT2D eigenvalue weighted by Crippen LogP contribution is -2.33. The summed E-state index contributed by atoms with van der Waals surface area (Å²) in [5.74, 6) is -0.115. The molecule has 0 fully saturated rings. The Morgan fingerprint density at radius 1 is 1.17 bits per heavy atom. The molecule has 1 aromatic carbocycles. The Bertz CT molecular complexity index is 401. The Labute approximate surface area is 107 Å². The molecule has 0 saturated carbocycles. The van der Waals surface area contributed by atoms with Gasteiger partial charge in [0.1, 0.15) is 0 Å². The van der Waals surface area contributed by atoms with Gasteiger partial charge in [0.15, 0.2) is 0 Å². The van der Waals surface area contributed by atoms with Crippen molar-refractivity contribution in [2.75, 3.05) is 20.1 Å². The average molecular weight is 249 g/mol. The van der Waals surface area contributed by atoms with Crippen molar-refractivity contribution >= 4 is 11.8 Å². The third-order valence-corrected chi connectivity index (χ3v) is 2.43. The zero-order valence-electron chi connectivity index (χ0n) is 10.7. The van der Waals surface area contributed by atoms with Gasteiger partial charge in [0.05, 0.1) is 6.54 Å². The molecule has 0 spiro atoms. The maximum absolute atomic E-state index is 11.3. The number of carbonyl (C=O) groups is 2. The molecule has 0 aromatic heterocycles. The normalized spacial score (nSPS) is 9.89. The van der Waals surface area contributed by atoms with E-state index in [1.165, 1.54) is 0 Å². The Hall–Kier alpha value is -1.88. The van der Waals surface area contributed by atoms with Crippen LogP contribution in [0.5, 0.6) is 0 Å². The fourth-order valence-electron chi connectivity index (χ4n) is 1.50. The highest BCUT2D eigenvalue weighted by Gasteiger charge is 2.02. The Morgan fingerprint density at radius 2 is 1.83 bits per heavy atom. The Kier molecular flexibility index (Phi) is 5.87. The number of amides is 2. The number of likely N-dealkylation sites (N-methyl/N-ethyl adjacent to an activating group) is 1. The molecule has 3 N–H and O–H groups in total. The second kappa shape index (κ2) is 7.45. The number of benzene rings is 1. The molecule has 1 aromatic rings. The van der Waals surface area contributed by atoms with Crippen LogP contribution in [0.3, 0.4) is 0 Å². The smallest absolute Gasteiger partial charge is 0.251 e. The predicted molar refractivity (Wildman–Crippen MR) is 70.2 cm³/mol. The van der Waals surface area contributed by atoms with Gasteiger partial charge in [-0.2, -0.15) is 0 Å². The second-order valence-corrected chi connectivity index (χ2v) is 3.83. The van der Waals surface area contributed by atoms with Crippen LogP contribution in [-0.4, -0.2) is 32.0 Å². The minimum atomic E-state index is -0.100. The summed E-state index contributed by atoms with van der Waals surface area (Å²) in [4.78, 5) is 22.5. The quantitative estimate of drug-likeness (QED) is 0.678.